The van der Waals surface area contributed by atoms with Gasteiger partial charge in [-0.15, -0.1) is 0 Å². The van der Waals surface area contributed by atoms with Crippen molar-refractivity contribution in [1.82, 2.24) is 0 Å². The monoisotopic (exact) mass is 277 g/mol. The van der Waals surface area contributed by atoms with Gasteiger partial charge in [-0.25, -0.2) is 0 Å². The number of aryl methyl sites for hydroxylation is 1. The van der Waals surface area contributed by atoms with Crippen molar-refractivity contribution in [2.75, 3.05) is 13.7 Å². The summed E-state index contributed by atoms with van der Waals surface area (Å²) in [6.07, 6.45) is 3.24. The van der Waals surface area contributed by atoms with E-state index < -0.39 is 5.41 Å². The van der Waals surface area contributed by atoms with Crippen LogP contribution in [0, 0.1) is 5.41 Å². The van der Waals surface area contributed by atoms with Crippen LogP contribution in [0.2, 0.25) is 0 Å². The molecule has 0 heterocycles. The average Bonchev–Trinajstić information content (AvgIpc) is 2.45. The Hall–Kier alpha value is -1.55. The zero-order chi connectivity index (χ0) is 14.8. The van der Waals surface area contributed by atoms with Gasteiger partial charge in [0.05, 0.1) is 12.5 Å². The van der Waals surface area contributed by atoms with Gasteiger partial charge in [0.15, 0.2) is 0 Å². The van der Waals surface area contributed by atoms with E-state index in [1.807, 2.05) is 26.0 Å². The third-order valence-electron chi connectivity index (χ3n) is 3.82. The number of hydrogen-bond donors (Lipinski definition) is 1. The van der Waals surface area contributed by atoms with E-state index in [9.17, 15) is 4.79 Å². The van der Waals surface area contributed by atoms with Gasteiger partial charge in [-0.1, -0.05) is 6.07 Å². The molecule has 0 fully saturated rings. The van der Waals surface area contributed by atoms with E-state index in [1.54, 1.807) is 0 Å². The number of hydrogen-bond acceptors (Lipinski definition) is 4. The minimum Gasteiger partial charge on any atom is -0.492 e. The molecule has 0 amide bonds. The van der Waals surface area contributed by atoms with Crippen molar-refractivity contribution in [2.45, 2.75) is 39.2 Å². The van der Waals surface area contributed by atoms with Gasteiger partial charge >= 0.3 is 5.97 Å². The second-order valence-corrected chi connectivity index (χ2v) is 6.02. The molecular weight excluding hydrogens is 254 g/mol. The standard InChI is InChI=1S/C16H23NO3/c1-16(2,15(18)19-3)10-20-12-8-7-11-5-4-6-14(17)13(11)9-12/h7-9,14H,4-6,10,17H2,1-3H3. The average molecular weight is 277 g/mol. The number of nitrogens with two attached hydrogens (primary N) is 1. The Bertz CT molecular complexity index is 496. The minimum atomic E-state index is -0.660. The summed E-state index contributed by atoms with van der Waals surface area (Å²) in [6.45, 7) is 3.90. The second-order valence-electron chi connectivity index (χ2n) is 6.02. The van der Waals surface area contributed by atoms with Crippen LogP contribution < -0.4 is 10.5 Å². The summed E-state index contributed by atoms with van der Waals surface area (Å²) in [5.74, 6) is 0.491. The lowest BCUT2D eigenvalue weighted by atomic mass is 9.88. The fourth-order valence-electron chi connectivity index (χ4n) is 2.50. The fourth-order valence-corrected chi connectivity index (χ4v) is 2.50. The molecule has 110 valence electrons. The predicted octanol–water partition coefficient (Wildman–Crippen LogP) is 2.60. The van der Waals surface area contributed by atoms with Gasteiger partial charge in [0, 0.05) is 6.04 Å². The van der Waals surface area contributed by atoms with E-state index in [4.69, 9.17) is 15.2 Å². The Kier molecular flexibility index (Phi) is 4.33. The van der Waals surface area contributed by atoms with Gasteiger partial charge in [-0.2, -0.15) is 0 Å². The highest BCUT2D eigenvalue weighted by Crippen LogP contribution is 2.31. The van der Waals surface area contributed by atoms with Crippen molar-refractivity contribution >= 4 is 5.97 Å². The molecule has 0 aromatic heterocycles. The summed E-state index contributed by atoms with van der Waals surface area (Å²) in [6, 6.07) is 6.13. The van der Waals surface area contributed by atoms with Gasteiger partial charge in [-0.3, -0.25) is 4.79 Å². The van der Waals surface area contributed by atoms with Crippen LogP contribution >= 0.6 is 0 Å². The Morgan fingerprint density at radius 2 is 2.20 bits per heavy atom. The van der Waals surface area contributed by atoms with Gasteiger partial charge in [0.2, 0.25) is 0 Å². The van der Waals surface area contributed by atoms with Crippen LogP contribution in [0.15, 0.2) is 18.2 Å². The molecule has 1 unspecified atom stereocenters. The summed E-state index contributed by atoms with van der Waals surface area (Å²) < 4.78 is 10.5. The Labute approximate surface area is 120 Å². The van der Waals surface area contributed by atoms with Crippen molar-refractivity contribution in [1.29, 1.82) is 0 Å². The van der Waals surface area contributed by atoms with E-state index in [0.29, 0.717) is 0 Å². The molecule has 1 aromatic rings. The predicted molar refractivity (Wildman–Crippen MR) is 77.6 cm³/mol. The maximum atomic E-state index is 11.6. The van der Waals surface area contributed by atoms with Crippen LogP contribution in [-0.2, 0) is 16.0 Å². The lowest BCUT2D eigenvalue weighted by Crippen LogP contribution is -2.32. The van der Waals surface area contributed by atoms with Crippen LogP contribution in [0.25, 0.3) is 0 Å². The number of ether oxygens (including phenoxy) is 2. The van der Waals surface area contributed by atoms with Crippen LogP contribution in [0.4, 0.5) is 0 Å². The van der Waals surface area contributed by atoms with E-state index in [2.05, 4.69) is 6.07 Å². The minimum absolute atomic E-state index is 0.0934. The van der Waals surface area contributed by atoms with Crippen molar-refractivity contribution in [2.24, 2.45) is 11.1 Å². The quantitative estimate of drug-likeness (QED) is 0.859. The molecule has 0 spiro atoms. The highest BCUT2D eigenvalue weighted by molar-refractivity contribution is 5.75. The molecule has 2 rings (SSSR count). The first-order valence-corrected chi connectivity index (χ1v) is 7.03. The van der Waals surface area contributed by atoms with Gasteiger partial charge < -0.3 is 15.2 Å². The van der Waals surface area contributed by atoms with Crippen molar-refractivity contribution < 1.29 is 14.3 Å². The maximum absolute atomic E-state index is 11.6. The van der Waals surface area contributed by atoms with E-state index in [1.165, 1.54) is 18.2 Å². The second kappa shape index (κ2) is 5.83. The lowest BCUT2D eigenvalue weighted by Gasteiger charge is -2.25. The number of benzene rings is 1. The zero-order valence-corrected chi connectivity index (χ0v) is 12.4. The number of fused-ring (bicyclic) bond motifs is 1. The Balaban J connectivity index is 2.08. The fraction of sp³-hybridized carbons (Fsp3) is 0.562. The molecule has 0 saturated heterocycles. The zero-order valence-electron chi connectivity index (χ0n) is 12.4. The molecule has 0 bridgehead atoms. The van der Waals surface area contributed by atoms with Crippen LogP contribution in [-0.4, -0.2) is 19.7 Å². The molecule has 0 aliphatic heterocycles. The molecule has 2 N–H and O–H groups in total. The molecule has 0 radical (unpaired) electrons. The first-order chi connectivity index (χ1) is 9.44. The first kappa shape index (κ1) is 14.9. The summed E-state index contributed by atoms with van der Waals surface area (Å²) in [5.41, 5.74) is 7.96. The van der Waals surface area contributed by atoms with E-state index in [0.717, 1.165) is 25.0 Å². The highest BCUT2D eigenvalue weighted by atomic mass is 16.5. The number of carbonyl (C=O) groups is 1. The number of carbonyl (C=O) groups excluding carboxylic acids is 1. The molecule has 20 heavy (non-hydrogen) atoms. The Morgan fingerprint density at radius 3 is 2.90 bits per heavy atom. The molecule has 4 heteroatoms. The summed E-state index contributed by atoms with van der Waals surface area (Å²) in [5, 5.41) is 0. The van der Waals surface area contributed by atoms with Crippen molar-refractivity contribution in [3.05, 3.63) is 29.3 Å². The first-order valence-electron chi connectivity index (χ1n) is 7.03. The van der Waals surface area contributed by atoms with Crippen molar-refractivity contribution in [3.8, 4) is 5.75 Å². The molecule has 0 saturated carbocycles. The summed E-state index contributed by atoms with van der Waals surface area (Å²) >= 11 is 0. The molecule has 1 aliphatic rings. The third-order valence-corrected chi connectivity index (χ3v) is 3.82. The van der Waals surface area contributed by atoms with Gasteiger partial charge in [-0.05, 0) is 56.4 Å². The summed E-state index contributed by atoms with van der Waals surface area (Å²) in [7, 11) is 1.39. The van der Waals surface area contributed by atoms with Crippen LogP contribution in [0.5, 0.6) is 5.75 Å². The maximum Gasteiger partial charge on any atom is 0.314 e. The SMILES string of the molecule is COC(=O)C(C)(C)COc1ccc2c(c1)C(N)CCC2. The molecule has 1 aromatic carbocycles. The molecule has 1 aliphatic carbocycles. The van der Waals surface area contributed by atoms with E-state index >= 15 is 0 Å². The number of rotatable bonds is 4. The molecular formula is C16H23NO3. The van der Waals surface area contributed by atoms with Crippen LogP contribution in [0.1, 0.15) is 43.9 Å². The Morgan fingerprint density at radius 1 is 1.45 bits per heavy atom. The molecule has 1 atom stereocenters. The lowest BCUT2D eigenvalue weighted by molar-refractivity contribution is -0.152. The topological polar surface area (TPSA) is 61.5 Å². The van der Waals surface area contributed by atoms with Crippen LogP contribution in [0.3, 0.4) is 0 Å². The van der Waals surface area contributed by atoms with Crippen molar-refractivity contribution in [3.63, 3.8) is 0 Å². The van der Waals surface area contributed by atoms with Gasteiger partial charge in [0.1, 0.15) is 12.4 Å². The van der Waals surface area contributed by atoms with Gasteiger partial charge in [0.25, 0.3) is 0 Å². The normalized spacial score (nSPS) is 18.3. The van der Waals surface area contributed by atoms with E-state index in [-0.39, 0.29) is 18.6 Å². The number of esters is 1. The third kappa shape index (κ3) is 3.12. The number of methoxy groups -OCH3 is 1. The largest absolute Gasteiger partial charge is 0.492 e. The summed E-state index contributed by atoms with van der Waals surface area (Å²) in [4.78, 5) is 11.6. The highest BCUT2D eigenvalue weighted by Gasteiger charge is 2.30. The smallest absolute Gasteiger partial charge is 0.314 e. The molecule has 4 nitrogen and oxygen atoms in total.